The molecule has 2 aliphatic rings. The highest BCUT2D eigenvalue weighted by molar-refractivity contribution is 7.71. The summed E-state index contributed by atoms with van der Waals surface area (Å²) in [6.45, 7) is 1.26. The van der Waals surface area contributed by atoms with Crippen molar-refractivity contribution in [3.63, 3.8) is 0 Å². The molecule has 2 aromatic rings. The lowest BCUT2D eigenvalue weighted by Gasteiger charge is -2.08. The van der Waals surface area contributed by atoms with Crippen LogP contribution in [0.15, 0.2) is 24.5 Å². The lowest BCUT2D eigenvalue weighted by atomic mass is 10.1. The number of hydrogen-bond acceptors (Lipinski definition) is 4. The Hall–Kier alpha value is -2.02. The van der Waals surface area contributed by atoms with Crippen LogP contribution in [0.5, 0.6) is 0 Å². The number of nitrogens with one attached hydrogen (secondary N) is 2. The first-order chi connectivity index (χ1) is 11.2. The smallest absolute Gasteiger partial charge is 0.223 e. The van der Waals surface area contributed by atoms with Gasteiger partial charge in [-0.15, -0.1) is 0 Å². The summed E-state index contributed by atoms with van der Waals surface area (Å²) in [6, 6.07) is 3.96. The van der Waals surface area contributed by atoms with Gasteiger partial charge in [0.25, 0.3) is 0 Å². The van der Waals surface area contributed by atoms with Crippen LogP contribution in [0.1, 0.15) is 42.5 Å². The van der Waals surface area contributed by atoms with Crippen molar-refractivity contribution in [1.29, 1.82) is 0 Å². The van der Waals surface area contributed by atoms with Gasteiger partial charge in [0.2, 0.25) is 5.91 Å². The van der Waals surface area contributed by atoms with Crippen LogP contribution in [0.2, 0.25) is 0 Å². The number of rotatable bonds is 6. The minimum Gasteiger partial charge on any atom is -0.354 e. The Balaban J connectivity index is 1.30. The van der Waals surface area contributed by atoms with E-state index >= 15 is 0 Å². The molecule has 4 rings (SSSR count). The molecule has 0 aliphatic heterocycles. The Morgan fingerprint density at radius 1 is 1.48 bits per heavy atom. The molecule has 7 heteroatoms. The molecule has 0 unspecified atom stereocenters. The van der Waals surface area contributed by atoms with Gasteiger partial charge in [-0.1, -0.05) is 6.07 Å². The fraction of sp³-hybridized carbons (Fsp3) is 0.500. The number of H-pyrrole nitrogens is 1. The van der Waals surface area contributed by atoms with Crippen LogP contribution < -0.4 is 5.32 Å². The summed E-state index contributed by atoms with van der Waals surface area (Å²) in [6.07, 6.45) is 6.88. The van der Waals surface area contributed by atoms with E-state index in [1.54, 1.807) is 6.20 Å². The Kier molecular flexibility index (Phi) is 3.72. The van der Waals surface area contributed by atoms with Crippen molar-refractivity contribution in [1.82, 2.24) is 25.1 Å². The third kappa shape index (κ3) is 3.06. The summed E-state index contributed by atoms with van der Waals surface area (Å²) in [5, 5.41) is 10.2. The number of pyridine rings is 1. The van der Waals surface area contributed by atoms with Gasteiger partial charge < -0.3 is 9.88 Å². The standard InChI is InChI=1S/C16H19N5OS/c22-15(13-8-12(13)11-2-1-5-17-9-11)18-6-7-21-14(10-3-4-10)19-20-16(21)23/h1-2,5,9-10,12-13H,3-4,6-8H2,(H,18,22)(H,20,23)/t12-,13+/m0/s1. The quantitative estimate of drug-likeness (QED) is 0.796. The molecule has 0 aromatic carbocycles. The van der Waals surface area contributed by atoms with Crippen molar-refractivity contribution in [3.05, 3.63) is 40.7 Å². The largest absolute Gasteiger partial charge is 0.354 e. The fourth-order valence-corrected chi connectivity index (χ4v) is 3.30. The second kappa shape index (κ2) is 5.88. The number of aromatic nitrogens is 4. The molecule has 2 atom stereocenters. The van der Waals surface area contributed by atoms with E-state index < -0.39 is 0 Å². The molecule has 0 radical (unpaired) electrons. The van der Waals surface area contributed by atoms with Crippen molar-refractivity contribution in [2.24, 2.45) is 5.92 Å². The fourth-order valence-electron chi connectivity index (χ4n) is 3.07. The van der Waals surface area contributed by atoms with Crippen LogP contribution in [0.3, 0.4) is 0 Å². The molecule has 2 fully saturated rings. The van der Waals surface area contributed by atoms with Crippen molar-refractivity contribution in [3.8, 4) is 0 Å². The molecule has 0 bridgehead atoms. The zero-order valence-corrected chi connectivity index (χ0v) is 13.6. The van der Waals surface area contributed by atoms with Crippen molar-refractivity contribution < 1.29 is 4.79 Å². The van der Waals surface area contributed by atoms with Gasteiger partial charge in [0, 0.05) is 37.3 Å². The Bertz CT molecular complexity index is 764. The van der Waals surface area contributed by atoms with Crippen LogP contribution in [0, 0.1) is 10.7 Å². The molecule has 120 valence electrons. The predicted octanol–water partition coefficient (Wildman–Crippen LogP) is 2.13. The van der Waals surface area contributed by atoms with Gasteiger partial charge in [-0.25, -0.2) is 0 Å². The van der Waals surface area contributed by atoms with Crippen LogP contribution >= 0.6 is 12.2 Å². The highest BCUT2D eigenvalue weighted by Crippen LogP contribution is 2.47. The first-order valence-electron chi connectivity index (χ1n) is 8.07. The molecule has 2 aromatic heterocycles. The van der Waals surface area contributed by atoms with E-state index in [2.05, 4.69) is 20.5 Å². The van der Waals surface area contributed by atoms with E-state index in [9.17, 15) is 4.79 Å². The van der Waals surface area contributed by atoms with Crippen LogP contribution in [-0.2, 0) is 11.3 Å². The molecule has 2 aliphatic carbocycles. The second-order valence-corrected chi connectivity index (χ2v) is 6.73. The maximum atomic E-state index is 12.2. The van der Waals surface area contributed by atoms with Crippen molar-refractivity contribution >= 4 is 18.1 Å². The van der Waals surface area contributed by atoms with E-state index in [0.717, 1.165) is 17.8 Å². The van der Waals surface area contributed by atoms with Gasteiger partial charge in [-0.3, -0.25) is 14.9 Å². The molecule has 23 heavy (non-hydrogen) atoms. The van der Waals surface area contributed by atoms with Gasteiger partial charge in [0.1, 0.15) is 5.82 Å². The summed E-state index contributed by atoms with van der Waals surface area (Å²) in [5.41, 5.74) is 1.15. The Labute approximate surface area is 139 Å². The molecule has 2 N–H and O–H groups in total. The summed E-state index contributed by atoms with van der Waals surface area (Å²) in [5.74, 6) is 2.10. The lowest BCUT2D eigenvalue weighted by Crippen LogP contribution is -2.29. The molecule has 2 heterocycles. The van der Waals surface area contributed by atoms with Gasteiger partial charge in [0.15, 0.2) is 4.77 Å². The van der Waals surface area contributed by atoms with Crippen LogP contribution in [0.4, 0.5) is 0 Å². The van der Waals surface area contributed by atoms with Gasteiger partial charge in [0.05, 0.1) is 0 Å². The molecular weight excluding hydrogens is 310 g/mol. The summed E-state index contributed by atoms with van der Waals surface area (Å²) in [7, 11) is 0. The van der Waals surface area contributed by atoms with E-state index in [1.807, 2.05) is 22.9 Å². The summed E-state index contributed by atoms with van der Waals surface area (Å²) >= 11 is 5.27. The molecule has 2 saturated carbocycles. The maximum absolute atomic E-state index is 12.2. The van der Waals surface area contributed by atoms with Crippen LogP contribution in [0.25, 0.3) is 0 Å². The zero-order valence-electron chi connectivity index (χ0n) is 12.7. The number of hydrogen-bond donors (Lipinski definition) is 2. The number of amides is 1. The predicted molar refractivity (Wildman–Crippen MR) is 87.5 cm³/mol. The van der Waals surface area contributed by atoms with E-state index in [0.29, 0.717) is 29.7 Å². The number of nitrogens with zero attached hydrogens (tertiary/aromatic N) is 3. The van der Waals surface area contributed by atoms with Gasteiger partial charge in [-0.2, -0.15) is 5.10 Å². The van der Waals surface area contributed by atoms with Crippen molar-refractivity contribution in [2.75, 3.05) is 6.54 Å². The van der Waals surface area contributed by atoms with E-state index in [1.165, 1.54) is 12.8 Å². The number of carbonyl (C=O) groups excluding carboxylic acids is 1. The maximum Gasteiger partial charge on any atom is 0.223 e. The van der Waals surface area contributed by atoms with Gasteiger partial charge >= 0.3 is 0 Å². The monoisotopic (exact) mass is 329 g/mol. The summed E-state index contributed by atoms with van der Waals surface area (Å²) in [4.78, 5) is 16.4. The first-order valence-corrected chi connectivity index (χ1v) is 8.47. The SMILES string of the molecule is O=C(NCCn1c(C2CC2)n[nH]c1=S)[C@@H]1C[C@H]1c1cccnc1. The van der Waals surface area contributed by atoms with Crippen LogP contribution in [-0.4, -0.2) is 32.2 Å². The third-order valence-corrected chi connectivity index (χ3v) is 4.92. The molecular formula is C16H19N5OS. The molecule has 0 spiro atoms. The minimum atomic E-state index is 0.0828. The minimum absolute atomic E-state index is 0.0828. The topological polar surface area (TPSA) is 75.6 Å². The average Bonchev–Trinajstić information content (AvgIpc) is 3.47. The normalized spacial score (nSPS) is 22.8. The molecule has 0 saturated heterocycles. The lowest BCUT2D eigenvalue weighted by molar-refractivity contribution is -0.122. The summed E-state index contributed by atoms with van der Waals surface area (Å²) < 4.78 is 2.65. The number of carbonyl (C=O) groups is 1. The second-order valence-electron chi connectivity index (χ2n) is 6.34. The third-order valence-electron chi connectivity index (χ3n) is 4.60. The first kappa shape index (κ1) is 14.6. The van der Waals surface area contributed by atoms with E-state index in [-0.39, 0.29) is 11.8 Å². The zero-order chi connectivity index (χ0) is 15.8. The highest BCUT2D eigenvalue weighted by atomic mass is 32.1. The Morgan fingerprint density at radius 3 is 3.09 bits per heavy atom. The van der Waals surface area contributed by atoms with Gasteiger partial charge in [-0.05, 0) is 49.0 Å². The number of aromatic amines is 1. The van der Waals surface area contributed by atoms with E-state index in [4.69, 9.17) is 12.2 Å². The molecule has 6 nitrogen and oxygen atoms in total. The van der Waals surface area contributed by atoms with Crippen molar-refractivity contribution in [2.45, 2.75) is 37.6 Å². The molecule has 1 amide bonds. The highest BCUT2D eigenvalue weighted by Gasteiger charge is 2.43. The Morgan fingerprint density at radius 2 is 2.35 bits per heavy atom. The average molecular weight is 329 g/mol.